The molecule has 2 aromatic rings. The van der Waals surface area contributed by atoms with Gasteiger partial charge in [-0.3, -0.25) is 0 Å². The number of hydrogen-bond donors (Lipinski definition) is 1. The van der Waals surface area contributed by atoms with Crippen LogP contribution in [0, 0.1) is 0 Å². The highest BCUT2D eigenvalue weighted by atomic mass is 14.9. The van der Waals surface area contributed by atoms with Gasteiger partial charge in [-0.15, -0.1) is 0 Å². The summed E-state index contributed by atoms with van der Waals surface area (Å²) in [7, 11) is 0. The van der Waals surface area contributed by atoms with Crippen molar-refractivity contribution in [2.45, 2.75) is 51.9 Å². The van der Waals surface area contributed by atoms with E-state index in [9.17, 15) is 0 Å². The maximum Gasteiger partial charge on any atom is 0.0419 e. The molecule has 1 heteroatoms. The Kier molecular flexibility index (Phi) is 6.33. The van der Waals surface area contributed by atoms with Crippen LogP contribution in [0.3, 0.4) is 0 Å². The molecule has 0 aromatic heterocycles. The van der Waals surface area contributed by atoms with E-state index in [1.807, 2.05) is 6.07 Å². The SMILES string of the molecule is CCCCCCC(C)c1ccccc1Nc1ccccc1. The molecule has 0 saturated heterocycles. The number of hydrogen-bond acceptors (Lipinski definition) is 1. The summed E-state index contributed by atoms with van der Waals surface area (Å²) in [5.74, 6) is 0.606. The molecule has 0 spiro atoms. The van der Waals surface area contributed by atoms with Crippen molar-refractivity contribution in [2.24, 2.45) is 0 Å². The van der Waals surface area contributed by atoms with Crippen LogP contribution in [0.4, 0.5) is 11.4 Å². The summed E-state index contributed by atoms with van der Waals surface area (Å²) in [6.07, 6.45) is 6.62. The van der Waals surface area contributed by atoms with Crippen LogP contribution in [0.25, 0.3) is 0 Å². The molecule has 2 aromatic carbocycles. The lowest BCUT2D eigenvalue weighted by Crippen LogP contribution is -2.00. The van der Waals surface area contributed by atoms with Crippen LogP contribution in [0.1, 0.15) is 57.4 Å². The van der Waals surface area contributed by atoms with Crippen molar-refractivity contribution in [3.8, 4) is 0 Å². The zero-order valence-corrected chi connectivity index (χ0v) is 13.3. The molecule has 1 nitrogen and oxygen atoms in total. The summed E-state index contributed by atoms with van der Waals surface area (Å²) in [6.45, 7) is 4.61. The molecular formula is C20H27N. The van der Waals surface area contributed by atoms with Crippen molar-refractivity contribution in [3.05, 3.63) is 60.2 Å². The number of unbranched alkanes of at least 4 members (excludes halogenated alkanes) is 3. The Bertz CT molecular complexity index is 518. The van der Waals surface area contributed by atoms with E-state index in [1.165, 1.54) is 43.4 Å². The zero-order valence-electron chi connectivity index (χ0n) is 13.3. The summed E-state index contributed by atoms with van der Waals surface area (Å²) in [5.41, 5.74) is 3.83. The second-order valence-electron chi connectivity index (χ2n) is 5.83. The summed E-state index contributed by atoms with van der Waals surface area (Å²) in [6, 6.07) is 19.1. The lowest BCUT2D eigenvalue weighted by atomic mass is 9.93. The molecule has 2 rings (SSSR count). The maximum atomic E-state index is 3.55. The Morgan fingerprint density at radius 1 is 0.857 bits per heavy atom. The lowest BCUT2D eigenvalue weighted by Gasteiger charge is -2.17. The quantitative estimate of drug-likeness (QED) is 0.544. The van der Waals surface area contributed by atoms with Crippen LogP contribution < -0.4 is 5.32 Å². The van der Waals surface area contributed by atoms with Crippen LogP contribution in [-0.4, -0.2) is 0 Å². The Labute approximate surface area is 129 Å². The zero-order chi connectivity index (χ0) is 14.9. The number of nitrogens with one attached hydrogen (secondary N) is 1. The fourth-order valence-electron chi connectivity index (χ4n) is 2.75. The monoisotopic (exact) mass is 281 g/mol. The van der Waals surface area contributed by atoms with Gasteiger partial charge in [-0.25, -0.2) is 0 Å². The molecule has 0 amide bonds. The summed E-state index contributed by atoms with van der Waals surface area (Å²) < 4.78 is 0. The van der Waals surface area contributed by atoms with E-state index < -0.39 is 0 Å². The van der Waals surface area contributed by atoms with Gasteiger partial charge >= 0.3 is 0 Å². The van der Waals surface area contributed by atoms with Crippen LogP contribution >= 0.6 is 0 Å². The number of para-hydroxylation sites is 2. The van der Waals surface area contributed by atoms with Gasteiger partial charge < -0.3 is 5.32 Å². The Morgan fingerprint density at radius 3 is 2.33 bits per heavy atom. The fourth-order valence-corrected chi connectivity index (χ4v) is 2.75. The number of benzene rings is 2. The first kappa shape index (κ1) is 15.6. The molecule has 1 unspecified atom stereocenters. The van der Waals surface area contributed by atoms with E-state index in [2.05, 4.69) is 67.7 Å². The third kappa shape index (κ3) is 4.93. The number of anilines is 2. The Hall–Kier alpha value is -1.76. The summed E-state index contributed by atoms with van der Waals surface area (Å²) in [5, 5.41) is 3.55. The highest BCUT2D eigenvalue weighted by Crippen LogP contribution is 2.30. The van der Waals surface area contributed by atoms with E-state index in [-0.39, 0.29) is 0 Å². The second-order valence-corrected chi connectivity index (χ2v) is 5.83. The van der Waals surface area contributed by atoms with E-state index in [0.29, 0.717) is 5.92 Å². The molecule has 0 aliphatic heterocycles. The van der Waals surface area contributed by atoms with Gasteiger partial charge in [0, 0.05) is 11.4 Å². The first-order valence-electron chi connectivity index (χ1n) is 8.22. The molecule has 0 radical (unpaired) electrons. The van der Waals surface area contributed by atoms with Crippen LogP contribution in [0.5, 0.6) is 0 Å². The first-order chi connectivity index (χ1) is 10.3. The van der Waals surface area contributed by atoms with Crippen LogP contribution in [0.15, 0.2) is 54.6 Å². The van der Waals surface area contributed by atoms with Crippen LogP contribution in [-0.2, 0) is 0 Å². The van der Waals surface area contributed by atoms with Gasteiger partial charge in [0.25, 0.3) is 0 Å². The predicted molar refractivity (Wildman–Crippen MR) is 93.3 cm³/mol. The van der Waals surface area contributed by atoms with Gasteiger partial charge in [-0.1, -0.05) is 75.9 Å². The van der Waals surface area contributed by atoms with Gasteiger partial charge in [-0.2, -0.15) is 0 Å². The third-order valence-electron chi connectivity index (χ3n) is 4.04. The predicted octanol–water partition coefficient (Wildman–Crippen LogP) is 6.50. The van der Waals surface area contributed by atoms with E-state index in [1.54, 1.807) is 0 Å². The molecule has 21 heavy (non-hydrogen) atoms. The molecule has 0 saturated carbocycles. The summed E-state index contributed by atoms with van der Waals surface area (Å²) >= 11 is 0. The maximum absolute atomic E-state index is 3.55. The molecule has 0 heterocycles. The smallest absolute Gasteiger partial charge is 0.0419 e. The van der Waals surface area contributed by atoms with Gasteiger partial charge in [0.1, 0.15) is 0 Å². The van der Waals surface area contributed by atoms with Crippen molar-refractivity contribution < 1.29 is 0 Å². The third-order valence-corrected chi connectivity index (χ3v) is 4.04. The average molecular weight is 281 g/mol. The van der Waals surface area contributed by atoms with Crippen molar-refractivity contribution in [1.29, 1.82) is 0 Å². The molecule has 0 aliphatic carbocycles. The molecule has 112 valence electrons. The highest BCUT2D eigenvalue weighted by molar-refractivity contribution is 5.63. The Morgan fingerprint density at radius 2 is 1.57 bits per heavy atom. The summed E-state index contributed by atoms with van der Waals surface area (Å²) in [4.78, 5) is 0. The standard InChI is InChI=1S/C20H27N/c1-3-4-5-7-12-17(2)19-15-10-11-16-20(19)21-18-13-8-6-9-14-18/h6,8-11,13-17,21H,3-5,7,12H2,1-2H3. The van der Waals surface area contributed by atoms with E-state index >= 15 is 0 Å². The van der Waals surface area contributed by atoms with Crippen molar-refractivity contribution in [3.63, 3.8) is 0 Å². The molecule has 0 aliphatic rings. The molecule has 1 atom stereocenters. The van der Waals surface area contributed by atoms with Crippen molar-refractivity contribution in [1.82, 2.24) is 0 Å². The van der Waals surface area contributed by atoms with Gasteiger partial charge in [0.2, 0.25) is 0 Å². The minimum atomic E-state index is 0.606. The average Bonchev–Trinajstić information content (AvgIpc) is 2.53. The van der Waals surface area contributed by atoms with Gasteiger partial charge in [0.15, 0.2) is 0 Å². The van der Waals surface area contributed by atoms with Gasteiger partial charge in [-0.05, 0) is 36.1 Å². The normalized spacial score (nSPS) is 12.1. The van der Waals surface area contributed by atoms with E-state index in [4.69, 9.17) is 0 Å². The first-order valence-corrected chi connectivity index (χ1v) is 8.22. The largest absolute Gasteiger partial charge is 0.355 e. The van der Waals surface area contributed by atoms with Gasteiger partial charge in [0.05, 0.1) is 0 Å². The fraction of sp³-hybridized carbons (Fsp3) is 0.400. The van der Waals surface area contributed by atoms with Crippen molar-refractivity contribution in [2.75, 3.05) is 5.32 Å². The molecule has 0 bridgehead atoms. The molecule has 0 fully saturated rings. The minimum Gasteiger partial charge on any atom is -0.355 e. The van der Waals surface area contributed by atoms with Crippen LogP contribution in [0.2, 0.25) is 0 Å². The topological polar surface area (TPSA) is 12.0 Å². The van der Waals surface area contributed by atoms with Crippen molar-refractivity contribution >= 4 is 11.4 Å². The molecular weight excluding hydrogens is 254 g/mol. The Balaban J connectivity index is 2.02. The lowest BCUT2D eigenvalue weighted by molar-refractivity contribution is 0.581. The minimum absolute atomic E-state index is 0.606. The second kappa shape index (κ2) is 8.51. The highest BCUT2D eigenvalue weighted by Gasteiger charge is 2.10. The number of rotatable bonds is 8. The molecule has 1 N–H and O–H groups in total. The van der Waals surface area contributed by atoms with E-state index in [0.717, 1.165) is 5.69 Å².